The predicted molar refractivity (Wildman–Crippen MR) is 105 cm³/mol. The maximum atomic E-state index is 13.0. The van der Waals surface area contributed by atoms with Gasteiger partial charge in [0.05, 0.1) is 24.4 Å². The largest absolute Gasteiger partial charge is 0.534 e. The molecule has 0 aromatic heterocycles. The van der Waals surface area contributed by atoms with Crippen molar-refractivity contribution in [2.75, 3.05) is 13.2 Å². The summed E-state index contributed by atoms with van der Waals surface area (Å²) in [5.41, 5.74) is -5.54. The second kappa shape index (κ2) is 6.20. The number of hydrogen-bond donors (Lipinski definition) is 0. The summed E-state index contributed by atoms with van der Waals surface area (Å²) < 4.78 is 86.1. The van der Waals surface area contributed by atoms with Crippen LogP contribution in [0.3, 0.4) is 0 Å². The van der Waals surface area contributed by atoms with Crippen molar-refractivity contribution >= 4 is 10.1 Å². The fraction of sp³-hybridized carbons (Fsp3) is 0.727. The van der Waals surface area contributed by atoms with Gasteiger partial charge >= 0.3 is 15.6 Å². The number of rotatable bonds is 2. The molecule has 4 atom stereocenters. The number of fused-ring (bicyclic) bond motifs is 2. The van der Waals surface area contributed by atoms with Crippen molar-refractivity contribution in [3.05, 3.63) is 35.1 Å². The Morgan fingerprint density at radius 1 is 1.09 bits per heavy atom. The molecule has 0 amide bonds. The molecule has 1 saturated carbocycles. The molecule has 6 aliphatic rings. The molecular weight excluding hydrogens is 449 g/mol. The second-order valence-corrected chi connectivity index (χ2v) is 11.5. The van der Waals surface area contributed by atoms with Crippen molar-refractivity contribution in [2.24, 2.45) is 11.3 Å². The molecule has 3 aliphatic heterocycles. The van der Waals surface area contributed by atoms with Gasteiger partial charge in [0.2, 0.25) is 0 Å². The third kappa shape index (κ3) is 2.50. The van der Waals surface area contributed by atoms with Crippen LogP contribution in [0.1, 0.15) is 51.9 Å². The maximum Gasteiger partial charge on any atom is 0.534 e. The summed E-state index contributed by atoms with van der Waals surface area (Å²) in [4.78, 5) is 0. The summed E-state index contributed by atoms with van der Waals surface area (Å²) in [6.45, 7) is 2.86. The van der Waals surface area contributed by atoms with Crippen LogP contribution in [0.4, 0.5) is 13.2 Å². The maximum absolute atomic E-state index is 13.0. The van der Waals surface area contributed by atoms with Crippen molar-refractivity contribution < 1.29 is 40.0 Å². The van der Waals surface area contributed by atoms with Crippen LogP contribution in [-0.4, -0.2) is 44.1 Å². The standard InChI is InChI=1S/C22H25F3O6S/c1-18-8-5-14-13-16-19(6-2-7-21(16)28-11-12-29-21)9-10-20(14,31-19)15(18)3-4-17(18)30-32(26,27)22(23,24)25/h4-5,13,15H,2-3,6-12H2,1H3/t15-,18+,19+,20-/m1/s1. The zero-order chi connectivity index (χ0) is 22.6. The van der Waals surface area contributed by atoms with Crippen LogP contribution in [0.2, 0.25) is 0 Å². The van der Waals surface area contributed by atoms with Gasteiger partial charge in [0.1, 0.15) is 5.76 Å². The van der Waals surface area contributed by atoms with Crippen molar-refractivity contribution in [2.45, 2.75) is 74.4 Å². The molecule has 2 saturated heterocycles. The summed E-state index contributed by atoms with van der Waals surface area (Å²) in [7, 11) is -5.73. The summed E-state index contributed by atoms with van der Waals surface area (Å²) in [5.74, 6) is -1.10. The number of halogens is 3. The summed E-state index contributed by atoms with van der Waals surface area (Å²) in [5, 5.41) is 0. The molecule has 3 heterocycles. The van der Waals surface area contributed by atoms with Gasteiger partial charge in [-0.3, -0.25) is 0 Å². The summed E-state index contributed by atoms with van der Waals surface area (Å²) >= 11 is 0. The Hall–Kier alpha value is -1.36. The highest BCUT2D eigenvalue weighted by molar-refractivity contribution is 7.87. The van der Waals surface area contributed by atoms with Crippen LogP contribution in [0.5, 0.6) is 0 Å². The van der Waals surface area contributed by atoms with E-state index in [1.54, 1.807) is 6.92 Å². The Balaban J connectivity index is 1.40. The molecule has 6 nitrogen and oxygen atoms in total. The molecule has 0 aromatic rings. The first-order valence-electron chi connectivity index (χ1n) is 11.1. The smallest absolute Gasteiger partial charge is 0.380 e. The molecule has 3 spiro atoms. The van der Waals surface area contributed by atoms with E-state index in [0.29, 0.717) is 32.5 Å². The van der Waals surface area contributed by atoms with Gasteiger partial charge < -0.3 is 18.4 Å². The minimum atomic E-state index is -5.73. The highest BCUT2D eigenvalue weighted by atomic mass is 32.2. The van der Waals surface area contributed by atoms with E-state index in [2.05, 4.69) is 10.3 Å². The van der Waals surface area contributed by atoms with Crippen LogP contribution >= 0.6 is 0 Å². The highest BCUT2D eigenvalue weighted by Crippen LogP contribution is 2.68. The molecule has 0 unspecified atom stereocenters. The Labute approximate surface area is 184 Å². The monoisotopic (exact) mass is 474 g/mol. The summed E-state index contributed by atoms with van der Waals surface area (Å²) in [6.07, 6.45) is 10.4. The van der Waals surface area contributed by atoms with Crippen molar-refractivity contribution in [3.63, 3.8) is 0 Å². The van der Waals surface area contributed by atoms with Crippen LogP contribution in [0.15, 0.2) is 35.1 Å². The SMILES string of the molecule is C[C@]12CC=C3C=C4C5(CCC[C@]46CC[C@]3(O6)[C@@H]1CC=C2OS(=O)(=O)C(F)(F)F)OCCO5. The fourth-order valence-electron chi connectivity index (χ4n) is 7.04. The zero-order valence-corrected chi connectivity index (χ0v) is 18.5. The third-order valence-corrected chi connectivity index (χ3v) is 9.44. The fourth-order valence-corrected chi connectivity index (χ4v) is 7.63. The van der Waals surface area contributed by atoms with Crippen molar-refractivity contribution in [3.8, 4) is 0 Å². The highest BCUT2D eigenvalue weighted by Gasteiger charge is 2.69. The molecule has 176 valence electrons. The van der Waals surface area contributed by atoms with Crippen molar-refractivity contribution in [1.82, 2.24) is 0 Å². The first-order valence-corrected chi connectivity index (χ1v) is 12.5. The lowest BCUT2D eigenvalue weighted by Crippen LogP contribution is -2.57. The molecule has 3 fully saturated rings. The quantitative estimate of drug-likeness (QED) is 0.440. The van der Waals surface area contributed by atoms with Gasteiger partial charge in [-0.1, -0.05) is 13.0 Å². The molecule has 3 aliphatic carbocycles. The molecule has 10 heteroatoms. The second-order valence-electron chi connectivity index (χ2n) is 9.97. The molecule has 0 radical (unpaired) electrons. The Bertz CT molecular complexity index is 1070. The van der Waals surface area contributed by atoms with Crippen LogP contribution in [-0.2, 0) is 28.5 Å². The topological polar surface area (TPSA) is 71.1 Å². The van der Waals surface area contributed by atoms with E-state index in [4.69, 9.17) is 14.2 Å². The number of ether oxygens (including phenoxy) is 3. The minimum absolute atomic E-state index is 0.133. The average Bonchev–Trinajstić information content (AvgIpc) is 3.38. The van der Waals surface area contributed by atoms with E-state index in [0.717, 1.165) is 36.8 Å². The average molecular weight is 474 g/mol. The van der Waals surface area contributed by atoms with Crippen LogP contribution in [0, 0.1) is 11.3 Å². The Morgan fingerprint density at radius 2 is 1.84 bits per heavy atom. The molecule has 0 aromatic carbocycles. The minimum Gasteiger partial charge on any atom is -0.380 e. The van der Waals surface area contributed by atoms with E-state index < -0.39 is 38.0 Å². The van der Waals surface area contributed by atoms with Gasteiger partial charge in [0.15, 0.2) is 5.79 Å². The third-order valence-electron chi connectivity index (χ3n) is 8.47. The van der Waals surface area contributed by atoms with Gasteiger partial charge in [0, 0.05) is 23.3 Å². The van der Waals surface area contributed by atoms with Gasteiger partial charge in [-0.2, -0.15) is 21.6 Å². The van der Waals surface area contributed by atoms with E-state index >= 15 is 0 Å². The lowest BCUT2D eigenvalue weighted by Gasteiger charge is -2.55. The summed E-state index contributed by atoms with van der Waals surface area (Å²) in [6, 6.07) is 0. The molecule has 32 heavy (non-hydrogen) atoms. The van der Waals surface area contributed by atoms with Gasteiger partial charge in [0.25, 0.3) is 0 Å². The lowest BCUT2D eigenvalue weighted by atomic mass is 9.60. The first-order chi connectivity index (χ1) is 15.0. The number of allylic oxidation sites excluding steroid dienone is 3. The van der Waals surface area contributed by atoms with E-state index in [1.165, 1.54) is 6.08 Å². The molecule has 0 N–H and O–H groups in total. The van der Waals surface area contributed by atoms with E-state index in [-0.39, 0.29) is 11.7 Å². The van der Waals surface area contributed by atoms with E-state index in [9.17, 15) is 21.6 Å². The predicted octanol–water partition coefficient (Wildman–Crippen LogP) is 4.25. The normalized spacial score (nSPS) is 42.0. The van der Waals surface area contributed by atoms with Crippen LogP contribution in [0.25, 0.3) is 0 Å². The van der Waals surface area contributed by atoms with Crippen molar-refractivity contribution in [1.29, 1.82) is 0 Å². The number of hydrogen-bond acceptors (Lipinski definition) is 6. The molecule has 6 rings (SSSR count). The number of alkyl halides is 3. The van der Waals surface area contributed by atoms with Gasteiger partial charge in [-0.15, -0.1) is 0 Å². The lowest BCUT2D eigenvalue weighted by molar-refractivity contribution is -0.199. The van der Waals surface area contributed by atoms with Gasteiger partial charge in [-0.25, -0.2) is 0 Å². The first kappa shape index (κ1) is 21.2. The van der Waals surface area contributed by atoms with Crippen LogP contribution < -0.4 is 0 Å². The molecular formula is C22H25F3O6S. The van der Waals surface area contributed by atoms with E-state index in [1.807, 2.05) is 6.08 Å². The Kier molecular flexibility index (Phi) is 4.10. The van der Waals surface area contributed by atoms with Gasteiger partial charge in [-0.05, 0) is 56.3 Å². The zero-order valence-electron chi connectivity index (χ0n) is 17.7. The molecule has 2 bridgehead atoms. The Morgan fingerprint density at radius 3 is 2.56 bits per heavy atom.